The first kappa shape index (κ1) is 20.8. The van der Waals surface area contributed by atoms with Crippen LogP contribution in [0.3, 0.4) is 0 Å². The first-order valence-electron chi connectivity index (χ1n) is 8.93. The zero-order valence-corrected chi connectivity index (χ0v) is 16.8. The molecule has 0 spiro atoms. The number of hydrogen-bond acceptors (Lipinski definition) is 4. The second-order valence-corrected chi connectivity index (χ2v) is 6.80. The van der Waals surface area contributed by atoms with E-state index in [2.05, 4.69) is 5.32 Å². The minimum absolute atomic E-state index is 0.0544. The van der Waals surface area contributed by atoms with Crippen molar-refractivity contribution in [1.82, 2.24) is 5.32 Å². The number of carbonyl (C=O) groups is 2. The quantitative estimate of drug-likeness (QED) is 0.625. The van der Waals surface area contributed by atoms with Crippen molar-refractivity contribution < 1.29 is 14.3 Å². The van der Waals surface area contributed by atoms with Crippen molar-refractivity contribution in [1.29, 1.82) is 0 Å². The van der Waals surface area contributed by atoms with E-state index < -0.39 is 0 Å². The van der Waals surface area contributed by atoms with E-state index in [1.54, 1.807) is 31.4 Å². The van der Waals surface area contributed by atoms with E-state index in [9.17, 15) is 9.59 Å². The topological polar surface area (TPSA) is 55.4 Å². The standard InChI is InChI=1S/C22H25NO3S/c1-4-5-11-19(24)20(23-22(25)17-9-7-6-8-10-17)21(27-3)16-12-14-18(26-2)15-13-16/h6-10,12-15H,4-5,11H2,1-3H3,(H,23,25)/b21-20+. The van der Waals surface area contributed by atoms with Crippen molar-refractivity contribution in [2.45, 2.75) is 26.2 Å². The van der Waals surface area contributed by atoms with Crippen LogP contribution in [0, 0.1) is 0 Å². The van der Waals surface area contributed by atoms with Crippen molar-refractivity contribution in [3.05, 3.63) is 71.4 Å². The van der Waals surface area contributed by atoms with Gasteiger partial charge in [-0.2, -0.15) is 0 Å². The number of carbonyl (C=O) groups excluding carboxylic acids is 2. The fraction of sp³-hybridized carbons (Fsp3) is 0.273. The lowest BCUT2D eigenvalue weighted by molar-refractivity contribution is -0.115. The van der Waals surface area contributed by atoms with Gasteiger partial charge in [-0.3, -0.25) is 9.59 Å². The molecule has 0 bridgehead atoms. The third-order valence-corrected chi connectivity index (χ3v) is 4.94. The molecule has 0 aliphatic rings. The second-order valence-electron chi connectivity index (χ2n) is 5.98. The van der Waals surface area contributed by atoms with E-state index in [4.69, 9.17) is 4.74 Å². The molecule has 0 radical (unpaired) electrons. The molecule has 5 heteroatoms. The summed E-state index contributed by atoms with van der Waals surface area (Å²) in [4.78, 5) is 26.3. The summed E-state index contributed by atoms with van der Waals surface area (Å²) in [5.74, 6) is 0.406. The summed E-state index contributed by atoms with van der Waals surface area (Å²) in [6.45, 7) is 2.04. The smallest absolute Gasteiger partial charge is 0.255 e. The predicted molar refractivity (Wildman–Crippen MR) is 112 cm³/mol. The maximum absolute atomic E-state index is 12.9. The van der Waals surface area contributed by atoms with Crippen LogP contribution in [-0.4, -0.2) is 25.1 Å². The highest BCUT2D eigenvalue weighted by atomic mass is 32.2. The number of benzene rings is 2. The van der Waals surface area contributed by atoms with Crippen molar-refractivity contribution in [3.8, 4) is 5.75 Å². The fourth-order valence-corrected chi connectivity index (χ4v) is 3.34. The number of ketones is 1. The molecule has 0 fully saturated rings. The number of nitrogens with one attached hydrogen (secondary N) is 1. The zero-order chi connectivity index (χ0) is 19.6. The van der Waals surface area contributed by atoms with Gasteiger partial charge in [0.15, 0.2) is 5.78 Å². The zero-order valence-electron chi connectivity index (χ0n) is 16.0. The number of ether oxygens (including phenoxy) is 1. The summed E-state index contributed by atoms with van der Waals surface area (Å²) >= 11 is 1.45. The highest BCUT2D eigenvalue weighted by Gasteiger charge is 2.19. The molecule has 0 aliphatic heterocycles. The first-order chi connectivity index (χ1) is 13.1. The van der Waals surface area contributed by atoms with Crippen molar-refractivity contribution in [3.63, 3.8) is 0 Å². The van der Waals surface area contributed by atoms with Gasteiger partial charge in [0, 0.05) is 16.9 Å². The average molecular weight is 384 g/mol. The van der Waals surface area contributed by atoms with Gasteiger partial charge in [0.1, 0.15) is 5.75 Å². The lowest BCUT2D eigenvalue weighted by Gasteiger charge is -2.15. The summed E-state index contributed by atoms with van der Waals surface area (Å²) in [5.41, 5.74) is 1.75. The van der Waals surface area contributed by atoms with E-state index >= 15 is 0 Å². The molecule has 1 N–H and O–H groups in total. The van der Waals surface area contributed by atoms with Crippen LogP contribution in [0.5, 0.6) is 5.75 Å². The molecule has 0 unspecified atom stereocenters. The molecule has 142 valence electrons. The average Bonchev–Trinajstić information content (AvgIpc) is 2.72. The SMILES string of the molecule is CCCCC(=O)/C(NC(=O)c1ccccc1)=C(\SC)c1ccc(OC)cc1. The number of rotatable bonds is 9. The number of unbranched alkanes of at least 4 members (excludes halogenated alkanes) is 1. The summed E-state index contributed by atoms with van der Waals surface area (Å²) in [6, 6.07) is 16.4. The molecular formula is C22H25NO3S. The van der Waals surface area contributed by atoms with Crippen LogP contribution in [0.25, 0.3) is 4.91 Å². The number of hydrogen-bond donors (Lipinski definition) is 1. The molecule has 4 nitrogen and oxygen atoms in total. The lowest BCUT2D eigenvalue weighted by Crippen LogP contribution is -2.28. The van der Waals surface area contributed by atoms with Gasteiger partial charge in [0.05, 0.1) is 12.8 Å². The molecule has 0 heterocycles. The number of amides is 1. The molecule has 0 atom stereocenters. The Bertz CT molecular complexity index is 798. The third kappa shape index (κ3) is 5.73. The molecule has 2 aromatic carbocycles. The van der Waals surface area contributed by atoms with E-state index in [0.717, 1.165) is 29.1 Å². The molecular weight excluding hydrogens is 358 g/mol. The van der Waals surface area contributed by atoms with E-state index in [0.29, 0.717) is 17.7 Å². The molecule has 0 aliphatic carbocycles. The highest BCUT2D eigenvalue weighted by Crippen LogP contribution is 2.30. The number of allylic oxidation sites excluding steroid dienone is 1. The Balaban J connectivity index is 2.42. The minimum atomic E-state index is -0.282. The normalized spacial score (nSPS) is 11.5. The number of Topliss-reactive ketones (excluding diaryl/α,β-unsaturated/α-hetero) is 1. The van der Waals surface area contributed by atoms with Gasteiger partial charge in [0.2, 0.25) is 0 Å². The van der Waals surface area contributed by atoms with Crippen LogP contribution in [0.15, 0.2) is 60.3 Å². The Hall–Kier alpha value is -2.53. The van der Waals surface area contributed by atoms with Gasteiger partial charge in [-0.05, 0) is 42.5 Å². The Morgan fingerprint density at radius 1 is 1.00 bits per heavy atom. The number of methoxy groups -OCH3 is 1. The van der Waals surface area contributed by atoms with Crippen molar-refractivity contribution in [2.75, 3.05) is 13.4 Å². The third-order valence-electron chi connectivity index (χ3n) is 4.09. The van der Waals surface area contributed by atoms with Gasteiger partial charge in [-0.25, -0.2) is 0 Å². The molecule has 0 saturated heterocycles. The van der Waals surface area contributed by atoms with Crippen LogP contribution in [0.2, 0.25) is 0 Å². The van der Waals surface area contributed by atoms with Gasteiger partial charge >= 0.3 is 0 Å². The Morgan fingerprint density at radius 3 is 2.22 bits per heavy atom. The van der Waals surface area contributed by atoms with Crippen LogP contribution in [0.4, 0.5) is 0 Å². The molecule has 2 rings (SSSR count). The minimum Gasteiger partial charge on any atom is -0.497 e. The van der Waals surface area contributed by atoms with Gasteiger partial charge in [-0.15, -0.1) is 11.8 Å². The van der Waals surface area contributed by atoms with Gasteiger partial charge in [0.25, 0.3) is 5.91 Å². The fourth-order valence-electron chi connectivity index (χ4n) is 2.60. The Kier molecular flexibility index (Phi) is 8.14. The summed E-state index contributed by atoms with van der Waals surface area (Å²) < 4.78 is 5.21. The molecule has 2 aromatic rings. The maximum Gasteiger partial charge on any atom is 0.255 e. The molecule has 1 amide bonds. The summed E-state index contributed by atoms with van der Waals surface area (Å²) in [6.07, 6.45) is 4.01. The van der Waals surface area contributed by atoms with Crippen LogP contribution < -0.4 is 10.1 Å². The van der Waals surface area contributed by atoms with E-state index in [1.165, 1.54) is 11.8 Å². The van der Waals surface area contributed by atoms with Crippen LogP contribution in [0.1, 0.15) is 42.1 Å². The monoisotopic (exact) mass is 383 g/mol. The summed E-state index contributed by atoms with van der Waals surface area (Å²) in [5, 5.41) is 2.86. The number of thioether (sulfide) groups is 1. The molecule has 27 heavy (non-hydrogen) atoms. The van der Waals surface area contributed by atoms with Gasteiger partial charge in [-0.1, -0.05) is 43.7 Å². The lowest BCUT2D eigenvalue weighted by atomic mass is 10.1. The van der Waals surface area contributed by atoms with E-state index in [-0.39, 0.29) is 11.7 Å². The largest absolute Gasteiger partial charge is 0.497 e. The van der Waals surface area contributed by atoms with Gasteiger partial charge < -0.3 is 10.1 Å². The molecule has 0 saturated carbocycles. The van der Waals surface area contributed by atoms with Crippen molar-refractivity contribution >= 4 is 28.4 Å². The van der Waals surface area contributed by atoms with Crippen LogP contribution >= 0.6 is 11.8 Å². The van der Waals surface area contributed by atoms with E-state index in [1.807, 2.05) is 43.5 Å². The maximum atomic E-state index is 12.9. The first-order valence-corrected chi connectivity index (χ1v) is 10.2. The van der Waals surface area contributed by atoms with Crippen molar-refractivity contribution in [2.24, 2.45) is 0 Å². The second kappa shape index (κ2) is 10.6. The Morgan fingerprint density at radius 2 is 1.67 bits per heavy atom. The highest BCUT2D eigenvalue weighted by molar-refractivity contribution is 8.07. The summed E-state index contributed by atoms with van der Waals surface area (Å²) in [7, 11) is 1.61. The van der Waals surface area contributed by atoms with Crippen LogP contribution in [-0.2, 0) is 4.79 Å². The predicted octanol–water partition coefficient (Wildman–Crippen LogP) is 4.92. The molecule has 0 aromatic heterocycles. The Labute approximate surface area is 165 Å².